The van der Waals surface area contributed by atoms with Gasteiger partial charge in [-0.1, -0.05) is 25.4 Å². The van der Waals surface area contributed by atoms with Gasteiger partial charge in [0, 0.05) is 12.6 Å². The first-order chi connectivity index (χ1) is 8.45. The van der Waals surface area contributed by atoms with Crippen LogP contribution in [0.5, 0.6) is 0 Å². The van der Waals surface area contributed by atoms with Crippen LogP contribution < -0.4 is 10.9 Å². The molecule has 4 nitrogen and oxygen atoms in total. The lowest BCUT2D eigenvalue weighted by Crippen LogP contribution is -2.25. The van der Waals surface area contributed by atoms with Crippen LogP contribution in [0.4, 0.5) is 5.69 Å². The average molecular weight is 272 g/mol. The maximum absolute atomic E-state index is 11.8. The van der Waals surface area contributed by atoms with Gasteiger partial charge in [0.05, 0.1) is 11.9 Å². The minimum atomic E-state index is -0.236. The van der Waals surface area contributed by atoms with Crippen molar-refractivity contribution >= 4 is 17.3 Å². The fraction of sp³-hybridized carbons (Fsp3) is 0.692. The van der Waals surface area contributed by atoms with Crippen molar-refractivity contribution in [2.45, 2.75) is 53.1 Å². The number of nitrogens with one attached hydrogen (secondary N) is 1. The van der Waals surface area contributed by atoms with Crippen molar-refractivity contribution < 1.29 is 0 Å². The Balaban J connectivity index is 2.73. The third kappa shape index (κ3) is 4.02. The van der Waals surface area contributed by atoms with Gasteiger partial charge in [-0.2, -0.15) is 5.10 Å². The summed E-state index contributed by atoms with van der Waals surface area (Å²) in [5, 5.41) is 7.54. The maximum atomic E-state index is 11.8. The molecule has 0 aromatic carbocycles. The Labute approximate surface area is 113 Å². The molecule has 1 unspecified atom stereocenters. The van der Waals surface area contributed by atoms with E-state index >= 15 is 0 Å². The molecule has 102 valence electrons. The van der Waals surface area contributed by atoms with E-state index in [9.17, 15) is 4.79 Å². The largest absolute Gasteiger partial charge is 0.380 e. The molecule has 0 spiro atoms. The van der Waals surface area contributed by atoms with Crippen LogP contribution in [0.15, 0.2) is 11.0 Å². The molecule has 0 aliphatic heterocycles. The van der Waals surface area contributed by atoms with Gasteiger partial charge in [-0.15, -0.1) is 0 Å². The zero-order valence-corrected chi connectivity index (χ0v) is 12.3. The molecule has 1 atom stereocenters. The first-order valence-corrected chi connectivity index (χ1v) is 6.85. The maximum Gasteiger partial charge on any atom is 0.287 e. The quantitative estimate of drug-likeness (QED) is 0.865. The normalized spacial score (nSPS) is 12.8. The number of anilines is 1. The Bertz CT molecular complexity index is 442. The molecule has 1 heterocycles. The second kappa shape index (κ2) is 6.78. The number of halogens is 1. The second-order valence-corrected chi connectivity index (χ2v) is 5.39. The van der Waals surface area contributed by atoms with Gasteiger partial charge >= 0.3 is 0 Å². The van der Waals surface area contributed by atoms with Crippen LogP contribution >= 0.6 is 11.6 Å². The average Bonchev–Trinajstić information content (AvgIpc) is 2.33. The predicted molar refractivity (Wildman–Crippen MR) is 76.3 cm³/mol. The molecule has 0 fully saturated rings. The first kappa shape index (κ1) is 15.0. The highest BCUT2D eigenvalue weighted by Crippen LogP contribution is 2.18. The summed E-state index contributed by atoms with van der Waals surface area (Å²) in [4.78, 5) is 11.8. The van der Waals surface area contributed by atoms with Gasteiger partial charge in [-0.25, -0.2) is 4.68 Å². The van der Waals surface area contributed by atoms with Crippen LogP contribution in [0, 0.1) is 5.92 Å². The molecule has 5 heteroatoms. The lowest BCUT2D eigenvalue weighted by atomic mass is 10.0. The summed E-state index contributed by atoms with van der Waals surface area (Å²) in [6.07, 6.45) is 3.81. The van der Waals surface area contributed by atoms with Crippen molar-refractivity contribution in [3.63, 3.8) is 0 Å². The molecule has 1 aromatic rings. The molecule has 0 radical (unpaired) electrons. The van der Waals surface area contributed by atoms with Gasteiger partial charge in [0.2, 0.25) is 0 Å². The van der Waals surface area contributed by atoms with Gasteiger partial charge < -0.3 is 5.32 Å². The van der Waals surface area contributed by atoms with E-state index in [-0.39, 0.29) is 16.6 Å². The summed E-state index contributed by atoms with van der Waals surface area (Å²) >= 11 is 6.05. The summed E-state index contributed by atoms with van der Waals surface area (Å²) < 4.78 is 1.35. The van der Waals surface area contributed by atoms with Crippen molar-refractivity contribution in [1.29, 1.82) is 0 Å². The number of rotatable bonds is 6. The van der Waals surface area contributed by atoms with Crippen LogP contribution in [0.25, 0.3) is 0 Å². The molecular formula is C13H22ClN3O. The van der Waals surface area contributed by atoms with Gasteiger partial charge in [-0.3, -0.25) is 4.79 Å². The molecule has 0 amide bonds. The standard InChI is InChI=1S/C13H22ClN3O/c1-5-17-13(18)12(14)11(8-15-17)16-10(4)7-6-9(2)3/h8-10,16H,5-7H2,1-4H3. The van der Waals surface area contributed by atoms with Crippen molar-refractivity contribution in [1.82, 2.24) is 9.78 Å². The number of hydrogen-bond donors (Lipinski definition) is 1. The molecule has 1 rings (SSSR count). The van der Waals surface area contributed by atoms with E-state index in [0.717, 1.165) is 12.8 Å². The van der Waals surface area contributed by atoms with Gasteiger partial charge in [0.25, 0.3) is 5.56 Å². The van der Waals surface area contributed by atoms with Crippen LogP contribution in [0.3, 0.4) is 0 Å². The fourth-order valence-electron chi connectivity index (χ4n) is 1.71. The van der Waals surface area contributed by atoms with Crippen molar-refractivity contribution in [2.75, 3.05) is 5.32 Å². The SMILES string of the molecule is CCn1ncc(NC(C)CCC(C)C)c(Cl)c1=O. The smallest absolute Gasteiger partial charge is 0.287 e. The van der Waals surface area contributed by atoms with E-state index in [1.54, 1.807) is 6.20 Å². The van der Waals surface area contributed by atoms with Crippen LogP contribution in [0.2, 0.25) is 5.02 Å². The third-order valence-corrected chi connectivity index (χ3v) is 3.23. The van der Waals surface area contributed by atoms with Gasteiger partial charge in [0.1, 0.15) is 5.02 Å². The zero-order chi connectivity index (χ0) is 13.7. The highest BCUT2D eigenvalue weighted by molar-refractivity contribution is 6.32. The molecule has 0 aliphatic carbocycles. The summed E-state index contributed by atoms with van der Waals surface area (Å²) in [7, 11) is 0. The minimum Gasteiger partial charge on any atom is -0.380 e. The third-order valence-electron chi connectivity index (χ3n) is 2.86. The van der Waals surface area contributed by atoms with E-state index in [0.29, 0.717) is 18.2 Å². The highest BCUT2D eigenvalue weighted by Gasteiger charge is 2.11. The minimum absolute atomic E-state index is 0.225. The Kier molecular flexibility index (Phi) is 5.66. The summed E-state index contributed by atoms with van der Waals surface area (Å²) in [6.45, 7) is 8.88. The Morgan fingerprint density at radius 3 is 2.61 bits per heavy atom. The van der Waals surface area contributed by atoms with Crippen LogP contribution in [-0.4, -0.2) is 15.8 Å². The summed E-state index contributed by atoms with van der Waals surface area (Å²) in [5.41, 5.74) is 0.392. The van der Waals surface area contributed by atoms with Crippen molar-refractivity contribution in [3.8, 4) is 0 Å². The van der Waals surface area contributed by atoms with E-state index in [4.69, 9.17) is 11.6 Å². The molecule has 0 bridgehead atoms. The fourth-order valence-corrected chi connectivity index (χ4v) is 1.91. The second-order valence-electron chi connectivity index (χ2n) is 5.01. The molecular weight excluding hydrogens is 250 g/mol. The lowest BCUT2D eigenvalue weighted by Gasteiger charge is -2.17. The van der Waals surface area contributed by atoms with Gasteiger partial charge in [0.15, 0.2) is 0 Å². The topological polar surface area (TPSA) is 46.9 Å². The van der Waals surface area contributed by atoms with Crippen LogP contribution in [0.1, 0.15) is 40.5 Å². The van der Waals surface area contributed by atoms with E-state index in [1.165, 1.54) is 4.68 Å². The molecule has 18 heavy (non-hydrogen) atoms. The Morgan fingerprint density at radius 1 is 1.39 bits per heavy atom. The highest BCUT2D eigenvalue weighted by atomic mass is 35.5. The summed E-state index contributed by atoms with van der Waals surface area (Å²) in [6, 6.07) is 0.281. The number of aromatic nitrogens is 2. The zero-order valence-electron chi connectivity index (χ0n) is 11.5. The number of hydrogen-bond acceptors (Lipinski definition) is 3. The first-order valence-electron chi connectivity index (χ1n) is 6.47. The molecule has 1 N–H and O–H groups in total. The lowest BCUT2D eigenvalue weighted by molar-refractivity contribution is 0.527. The predicted octanol–water partition coefficient (Wildman–Crippen LogP) is 3.15. The van der Waals surface area contributed by atoms with Crippen molar-refractivity contribution in [3.05, 3.63) is 21.6 Å². The van der Waals surface area contributed by atoms with E-state index in [2.05, 4.69) is 31.2 Å². The molecule has 0 saturated heterocycles. The monoisotopic (exact) mass is 271 g/mol. The number of aryl methyl sites for hydroxylation is 1. The molecule has 0 saturated carbocycles. The number of nitrogens with zero attached hydrogens (tertiary/aromatic N) is 2. The Morgan fingerprint density at radius 2 is 2.06 bits per heavy atom. The van der Waals surface area contributed by atoms with Crippen LogP contribution in [-0.2, 0) is 6.54 Å². The van der Waals surface area contributed by atoms with Crippen molar-refractivity contribution in [2.24, 2.45) is 5.92 Å². The van der Waals surface area contributed by atoms with E-state index in [1.807, 2.05) is 6.92 Å². The summed E-state index contributed by atoms with van der Waals surface area (Å²) in [5.74, 6) is 0.677. The molecule has 0 aliphatic rings. The van der Waals surface area contributed by atoms with E-state index < -0.39 is 0 Å². The Hall–Kier alpha value is -1.03. The molecule has 1 aromatic heterocycles. The van der Waals surface area contributed by atoms with Gasteiger partial charge in [-0.05, 0) is 32.6 Å².